The summed E-state index contributed by atoms with van der Waals surface area (Å²) < 4.78 is 19.0. The number of methoxy groups -OCH3 is 1. The van der Waals surface area contributed by atoms with Crippen molar-refractivity contribution in [2.45, 2.75) is 6.10 Å². The number of aromatic nitrogens is 1. The number of hydrogen-bond acceptors (Lipinski definition) is 3. The van der Waals surface area contributed by atoms with Gasteiger partial charge in [-0.2, -0.15) is 0 Å². The number of halogens is 2. The predicted molar refractivity (Wildman–Crippen MR) is 69.0 cm³/mol. The van der Waals surface area contributed by atoms with Crippen LogP contribution in [0.3, 0.4) is 0 Å². The van der Waals surface area contributed by atoms with Crippen molar-refractivity contribution in [1.29, 1.82) is 0 Å². The molecule has 1 aromatic heterocycles. The Hall–Kier alpha value is -1.46. The minimum atomic E-state index is -1.05. The fourth-order valence-electron chi connectivity index (χ4n) is 1.65. The Labute approximate surface area is 112 Å². The fraction of sp³-hybridized carbons (Fsp3) is 0.154. The monoisotopic (exact) mass is 311 g/mol. The maximum Gasteiger partial charge on any atom is 0.143 e. The third kappa shape index (κ3) is 2.52. The van der Waals surface area contributed by atoms with Gasteiger partial charge in [-0.25, -0.2) is 4.39 Å². The molecule has 0 bridgehead atoms. The van der Waals surface area contributed by atoms with Gasteiger partial charge in [-0.15, -0.1) is 0 Å². The molecule has 1 heterocycles. The molecule has 0 amide bonds. The standard InChI is InChI=1S/C13H11BrFNO2/c1-18-11-3-2-6-16-12(11)13(17)9-7-8(15)4-5-10(9)14/h2-7,13,17H,1H3. The molecule has 2 aromatic rings. The Bertz CT molecular complexity index is 562. The Morgan fingerprint density at radius 1 is 1.39 bits per heavy atom. The summed E-state index contributed by atoms with van der Waals surface area (Å²) >= 11 is 3.28. The van der Waals surface area contributed by atoms with E-state index in [2.05, 4.69) is 20.9 Å². The molecule has 1 unspecified atom stereocenters. The highest BCUT2D eigenvalue weighted by atomic mass is 79.9. The van der Waals surface area contributed by atoms with E-state index in [1.165, 1.54) is 19.2 Å². The second-order valence-electron chi connectivity index (χ2n) is 3.66. The van der Waals surface area contributed by atoms with E-state index >= 15 is 0 Å². The molecule has 0 saturated heterocycles. The van der Waals surface area contributed by atoms with E-state index in [9.17, 15) is 9.50 Å². The number of aliphatic hydroxyl groups is 1. The van der Waals surface area contributed by atoms with Crippen LogP contribution in [-0.2, 0) is 0 Å². The Morgan fingerprint density at radius 2 is 2.17 bits per heavy atom. The fourth-order valence-corrected chi connectivity index (χ4v) is 2.12. The van der Waals surface area contributed by atoms with Crippen molar-refractivity contribution < 1.29 is 14.2 Å². The molecule has 3 nitrogen and oxygen atoms in total. The largest absolute Gasteiger partial charge is 0.495 e. The number of ether oxygens (including phenoxy) is 1. The lowest BCUT2D eigenvalue weighted by Gasteiger charge is -2.15. The van der Waals surface area contributed by atoms with Gasteiger partial charge in [0, 0.05) is 16.2 Å². The molecule has 0 saturated carbocycles. The van der Waals surface area contributed by atoms with Crippen LogP contribution in [0.4, 0.5) is 4.39 Å². The van der Waals surface area contributed by atoms with E-state index in [0.717, 1.165) is 0 Å². The average molecular weight is 312 g/mol. The van der Waals surface area contributed by atoms with Crippen molar-refractivity contribution in [3.8, 4) is 5.75 Å². The summed E-state index contributed by atoms with van der Waals surface area (Å²) in [7, 11) is 1.49. The summed E-state index contributed by atoms with van der Waals surface area (Å²) in [6.07, 6.45) is 0.500. The molecule has 2 rings (SSSR count). The Morgan fingerprint density at radius 3 is 2.89 bits per heavy atom. The number of nitrogens with zero attached hydrogens (tertiary/aromatic N) is 1. The van der Waals surface area contributed by atoms with Crippen LogP contribution in [0.25, 0.3) is 0 Å². The van der Waals surface area contributed by atoms with E-state index in [4.69, 9.17) is 4.74 Å². The molecular weight excluding hydrogens is 301 g/mol. The summed E-state index contributed by atoms with van der Waals surface area (Å²) in [4.78, 5) is 4.08. The maximum absolute atomic E-state index is 13.2. The molecule has 1 atom stereocenters. The molecule has 1 N–H and O–H groups in total. The van der Waals surface area contributed by atoms with Crippen LogP contribution in [0.5, 0.6) is 5.75 Å². The average Bonchev–Trinajstić information content (AvgIpc) is 2.40. The van der Waals surface area contributed by atoms with Crippen molar-refractivity contribution in [3.05, 3.63) is 58.1 Å². The number of hydrogen-bond donors (Lipinski definition) is 1. The van der Waals surface area contributed by atoms with Gasteiger partial charge in [-0.05, 0) is 30.3 Å². The Kier molecular flexibility index (Phi) is 3.93. The lowest BCUT2D eigenvalue weighted by molar-refractivity contribution is 0.208. The van der Waals surface area contributed by atoms with Crippen molar-refractivity contribution in [2.24, 2.45) is 0 Å². The van der Waals surface area contributed by atoms with E-state index < -0.39 is 11.9 Å². The number of rotatable bonds is 3. The van der Waals surface area contributed by atoms with Gasteiger partial charge in [0.05, 0.1) is 7.11 Å². The topological polar surface area (TPSA) is 42.4 Å². The zero-order valence-electron chi connectivity index (χ0n) is 9.60. The molecule has 0 spiro atoms. The number of benzene rings is 1. The minimum Gasteiger partial charge on any atom is -0.495 e. The second-order valence-corrected chi connectivity index (χ2v) is 4.51. The van der Waals surface area contributed by atoms with Gasteiger partial charge in [0.1, 0.15) is 23.4 Å². The van der Waals surface area contributed by atoms with Crippen LogP contribution < -0.4 is 4.74 Å². The van der Waals surface area contributed by atoms with Gasteiger partial charge in [0.25, 0.3) is 0 Å². The summed E-state index contributed by atoms with van der Waals surface area (Å²) in [5.74, 6) is 0.0447. The van der Waals surface area contributed by atoms with Crippen molar-refractivity contribution >= 4 is 15.9 Å². The first kappa shape index (κ1) is 13.0. The Balaban J connectivity index is 2.47. The summed E-state index contributed by atoms with van der Waals surface area (Å²) in [5.41, 5.74) is 0.762. The first-order valence-corrected chi connectivity index (χ1v) is 6.04. The van der Waals surface area contributed by atoms with Gasteiger partial charge in [-0.1, -0.05) is 15.9 Å². The summed E-state index contributed by atoms with van der Waals surface area (Å²) in [6.45, 7) is 0. The lowest BCUT2D eigenvalue weighted by Crippen LogP contribution is -2.06. The predicted octanol–water partition coefficient (Wildman–Crippen LogP) is 3.07. The van der Waals surface area contributed by atoms with Crippen LogP contribution in [0.1, 0.15) is 17.4 Å². The molecule has 0 aliphatic heterocycles. The van der Waals surface area contributed by atoms with E-state index in [-0.39, 0.29) is 0 Å². The van der Waals surface area contributed by atoms with Gasteiger partial charge in [-0.3, -0.25) is 4.98 Å². The molecule has 18 heavy (non-hydrogen) atoms. The van der Waals surface area contributed by atoms with Gasteiger partial charge in [0.2, 0.25) is 0 Å². The van der Waals surface area contributed by atoms with E-state index in [0.29, 0.717) is 21.5 Å². The SMILES string of the molecule is COc1cccnc1C(O)c1cc(F)ccc1Br. The maximum atomic E-state index is 13.2. The first-order chi connectivity index (χ1) is 8.63. The summed E-state index contributed by atoms with van der Waals surface area (Å²) in [5, 5.41) is 10.3. The van der Waals surface area contributed by atoms with Gasteiger partial charge < -0.3 is 9.84 Å². The van der Waals surface area contributed by atoms with E-state index in [1.807, 2.05) is 0 Å². The molecule has 94 valence electrons. The highest BCUT2D eigenvalue weighted by molar-refractivity contribution is 9.10. The van der Waals surface area contributed by atoms with Crippen molar-refractivity contribution in [3.63, 3.8) is 0 Å². The van der Waals surface area contributed by atoms with Crippen molar-refractivity contribution in [1.82, 2.24) is 4.98 Å². The van der Waals surface area contributed by atoms with E-state index in [1.54, 1.807) is 24.4 Å². The lowest BCUT2D eigenvalue weighted by atomic mass is 10.1. The molecule has 0 radical (unpaired) electrons. The third-order valence-electron chi connectivity index (χ3n) is 2.53. The normalized spacial score (nSPS) is 12.2. The van der Waals surface area contributed by atoms with Crippen LogP contribution >= 0.6 is 15.9 Å². The smallest absolute Gasteiger partial charge is 0.143 e. The third-order valence-corrected chi connectivity index (χ3v) is 3.25. The van der Waals surface area contributed by atoms with Crippen LogP contribution in [0.15, 0.2) is 41.0 Å². The van der Waals surface area contributed by atoms with Crippen LogP contribution in [0.2, 0.25) is 0 Å². The molecule has 5 heteroatoms. The zero-order chi connectivity index (χ0) is 13.1. The highest BCUT2D eigenvalue weighted by Gasteiger charge is 2.19. The molecule has 0 aliphatic carbocycles. The van der Waals surface area contributed by atoms with Crippen LogP contribution in [-0.4, -0.2) is 17.2 Å². The first-order valence-electron chi connectivity index (χ1n) is 5.25. The minimum absolute atomic E-state index is 0.353. The number of aliphatic hydroxyl groups excluding tert-OH is 1. The quantitative estimate of drug-likeness (QED) is 0.947. The molecule has 1 aromatic carbocycles. The molecular formula is C13H11BrFNO2. The number of pyridine rings is 1. The highest BCUT2D eigenvalue weighted by Crippen LogP contribution is 2.32. The molecule has 0 fully saturated rings. The zero-order valence-corrected chi connectivity index (χ0v) is 11.2. The van der Waals surface area contributed by atoms with Gasteiger partial charge in [0.15, 0.2) is 0 Å². The van der Waals surface area contributed by atoms with Crippen molar-refractivity contribution in [2.75, 3.05) is 7.11 Å². The van der Waals surface area contributed by atoms with Gasteiger partial charge >= 0.3 is 0 Å². The van der Waals surface area contributed by atoms with Crippen LogP contribution in [0, 0.1) is 5.82 Å². The molecule has 0 aliphatic rings. The second kappa shape index (κ2) is 5.46. The summed E-state index contributed by atoms with van der Waals surface area (Å²) in [6, 6.07) is 7.52.